The van der Waals surface area contributed by atoms with Crippen molar-refractivity contribution in [2.24, 2.45) is 0 Å². The molecule has 0 saturated heterocycles. The molecule has 0 aromatic heterocycles. The molecule has 0 amide bonds. The van der Waals surface area contributed by atoms with Crippen LogP contribution in [0.2, 0.25) is 0 Å². The van der Waals surface area contributed by atoms with Crippen LogP contribution in [0.15, 0.2) is 48.5 Å². The van der Waals surface area contributed by atoms with Crippen molar-refractivity contribution < 1.29 is 14.3 Å². The maximum Gasteiger partial charge on any atom is 0.170 e. The minimum atomic E-state index is -0.0977. The quantitative estimate of drug-likeness (QED) is 0.222. The van der Waals surface area contributed by atoms with Gasteiger partial charge in [-0.25, -0.2) is 0 Å². The molecule has 3 heteroatoms. The number of ether oxygens (including phenoxy) is 1. The zero-order valence-corrected chi connectivity index (χ0v) is 17.2. The van der Waals surface area contributed by atoms with Gasteiger partial charge >= 0.3 is 0 Å². The van der Waals surface area contributed by atoms with E-state index in [2.05, 4.69) is 6.92 Å². The van der Waals surface area contributed by atoms with E-state index in [4.69, 9.17) is 4.74 Å². The van der Waals surface area contributed by atoms with E-state index >= 15 is 0 Å². The number of Topliss-reactive ketones (excluding diaryl/α,β-unsaturated/α-hetero) is 2. The van der Waals surface area contributed by atoms with E-state index in [-0.39, 0.29) is 18.0 Å². The smallest absolute Gasteiger partial charge is 0.170 e. The summed E-state index contributed by atoms with van der Waals surface area (Å²) in [5, 5.41) is 0. The number of unbranched alkanes of at least 4 members (excludes halogenated alkanes) is 4. The van der Waals surface area contributed by atoms with Gasteiger partial charge in [0.2, 0.25) is 0 Å². The van der Waals surface area contributed by atoms with Crippen LogP contribution in [0.5, 0.6) is 5.75 Å². The Kier molecular flexibility index (Phi) is 9.47. The lowest BCUT2D eigenvalue weighted by Gasteiger charge is -2.08. The van der Waals surface area contributed by atoms with Crippen LogP contribution < -0.4 is 4.74 Å². The standard InChI is InChI=1S/C25H32O3/c1-3-5-7-8-18-28-24-16-14-21(15-17-24)20-10-12-22(13-11-20)25(27)19-23(26)9-6-4-2/h10-17H,3-9,18-19H2,1-2H3. The Bertz CT molecular complexity index is 729. The lowest BCUT2D eigenvalue weighted by molar-refractivity contribution is -0.118. The highest BCUT2D eigenvalue weighted by Crippen LogP contribution is 2.23. The molecule has 0 unspecified atom stereocenters. The maximum absolute atomic E-state index is 12.2. The van der Waals surface area contributed by atoms with Gasteiger partial charge < -0.3 is 4.74 Å². The average molecular weight is 381 g/mol. The van der Waals surface area contributed by atoms with Gasteiger partial charge in [-0.2, -0.15) is 0 Å². The summed E-state index contributed by atoms with van der Waals surface area (Å²) in [6.45, 7) is 5.00. The van der Waals surface area contributed by atoms with Crippen molar-refractivity contribution >= 4 is 11.6 Å². The predicted molar refractivity (Wildman–Crippen MR) is 115 cm³/mol. The largest absolute Gasteiger partial charge is 0.494 e. The fourth-order valence-electron chi connectivity index (χ4n) is 3.05. The van der Waals surface area contributed by atoms with E-state index in [1.54, 1.807) is 0 Å². The molecule has 0 saturated carbocycles. The molecule has 0 heterocycles. The molecule has 28 heavy (non-hydrogen) atoms. The summed E-state index contributed by atoms with van der Waals surface area (Å²) < 4.78 is 5.78. The van der Waals surface area contributed by atoms with Gasteiger partial charge in [0.05, 0.1) is 13.0 Å². The van der Waals surface area contributed by atoms with Crippen LogP contribution >= 0.6 is 0 Å². The van der Waals surface area contributed by atoms with Crippen molar-refractivity contribution in [1.29, 1.82) is 0 Å². The van der Waals surface area contributed by atoms with Crippen LogP contribution in [0, 0.1) is 0 Å². The molecule has 0 bridgehead atoms. The van der Waals surface area contributed by atoms with Crippen LogP contribution in [-0.4, -0.2) is 18.2 Å². The van der Waals surface area contributed by atoms with Crippen molar-refractivity contribution in [3.8, 4) is 16.9 Å². The minimum absolute atomic E-state index is 0.00361. The lowest BCUT2D eigenvalue weighted by Crippen LogP contribution is -2.07. The van der Waals surface area contributed by atoms with Gasteiger partial charge in [-0.05, 0) is 36.1 Å². The Morgan fingerprint density at radius 2 is 1.36 bits per heavy atom. The molecule has 2 aromatic rings. The lowest BCUT2D eigenvalue weighted by atomic mass is 9.99. The second-order valence-electron chi connectivity index (χ2n) is 7.25. The first-order valence-electron chi connectivity index (χ1n) is 10.5. The molecule has 0 spiro atoms. The summed E-state index contributed by atoms with van der Waals surface area (Å²) in [6, 6.07) is 15.5. The second-order valence-corrected chi connectivity index (χ2v) is 7.25. The van der Waals surface area contributed by atoms with Gasteiger partial charge in [0.1, 0.15) is 11.5 Å². The number of carbonyl (C=O) groups excluding carboxylic acids is 2. The topological polar surface area (TPSA) is 43.4 Å². The Hall–Kier alpha value is -2.42. The molecule has 0 fully saturated rings. The number of rotatable bonds is 13. The maximum atomic E-state index is 12.2. The summed E-state index contributed by atoms with van der Waals surface area (Å²) in [5.41, 5.74) is 2.72. The number of ketones is 2. The average Bonchev–Trinajstić information content (AvgIpc) is 2.72. The molecule has 0 aliphatic heterocycles. The fraction of sp³-hybridized carbons (Fsp3) is 0.440. The van der Waals surface area contributed by atoms with Crippen LogP contribution in [0.4, 0.5) is 0 Å². The molecular weight excluding hydrogens is 348 g/mol. The highest BCUT2D eigenvalue weighted by molar-refractivity contribution is 6.08. The highest BCUT2D eigenvalue weighted by atomic mass is 16.5. The molecule has 0 atom stereocenters. The molecule has 0 radical (unpaired) electrons. The first-order chi connectivity index (χ1) is 13.6. The Morgan fingerprint density at radius 1 is 0.750 bits per heavy atom. The molecular formula is C25H32O3. The Balaban J connectivity index is 1.88. The monoisotopic (exact) mass is 380 g/mol. The molecule has 2 rings (SSSR count). The van der Waals surface area contributed by atoms with Crippen molar-refractivity contribution in [3.63, 3.8) is 0 Å². The third kappa shape index (κ3) is 7.30. The fourth-order valence-corrected chi connectivity index (χ4v) is 3.05. The number of hydrogen-bond acceptors (Lipinski definition) is 3. The summed E-state index contributed by atoms with van der Waals surface area (Å²) in [7, 11) is 0. The van der Waals surface area contributed by atoms with E-state index in [0.29, 0.717) is 12.0 Å². The Labute approximate surface area is 169 Å². The zero-order chi connectivity index (χ0) is 20.2. The van der Waals surface area contributed by atoms with Gasteiger partial charge in [-0.1, -0.05) is 75.9 Å². The van der Waals surface area contributed by atoms with Crippen LogP contribution in [0.1, 0.15) is 75.6 Å². The van der Waals surface area contributed by atoms with Gasteiger partial charge in [0, 0.05) is 12.0 Å². The first kappa shape index (κ1) is 21.9. The SMILES string of the molecule is CCCCCCOc1ccc(-c2ccc(C(=O)CC(=O)CCCC)cc2)cc1. The molecule has 0 N–H and O–H groups in total. The third-order valence-corrected chi connectivity index (χ3v) is 4.83. The molecule has 2 aromatic carbocycles. The van der Waals surface area contributed by atoms with Crippen LogP contribution in [0.25, 0.3) is 11.1 Å². The molecule has 3 nitrogen and oxygen atoms in total. The van der Waals surface area contributed by atoms with E-state index in [1.165, 1.54) is 19.3 Å². The minimum Gasteiger partial charge on any atom is -0.494 e. The van der Waals surface area contributed by atoms with E-state index in [1.807, 2.05) is 55.5 Å². The van der Waals surface area contributed by atoms with Crippen molar-refractivity contribution in [2.75, 3.05) is 6.61 Å². The Morgan fingerprint density at radius 3 is 1.96 bits per heavy atom. The summed E-state index contributed by atoms with van der Waals surface area (Å²) >= 11 is 0. The van der Waals surface area contributed by atoms with Crippen molar-refractivity contribution in [3.05, 3.63) is 54.1 Å². The zero-order valence-electron chi connectivity index (χ0n) is 17.2. The molecule has 0 aliphatic carbocycles. The second kappa shape index (κ2) is 12.1. The van der Waals surface area contributed by atoms with E-state index in [0.717, 1.165) is 42.7 Å². The number of carbonyl (C=O) groups is 2. The predicted octanol–water partition coefficient (Wildman–Crippen LogP) is 6.64. The van der Waals surface area contributed by atoms with E-state index in [9.17, 15) is 9.59 Å². The van der Waals surface area contributed by atoms with Crippen LogP contribution in [0.3, 0.4) is 0 Å². The van der Waals surface area contributed by atoms with Crippen molar-refractivity contribution in [1.82, 2.24) is 0 Å². The summed E-state index contributed by atoms with van der Waals surface area (Å²) in [4.78, 5) is 24.0. The normalized spacial score (nSPS) is 10.6. The molecule has 150 valence electrons. The third-order valence-electron chi connectivity index (χ3n) is 4.83. The van der Waals surface area contributed by atoms with E-state index < -0.39 is 0 Å². The van der Waals surface area contributed by atoms with Gasteiger partial charge in [0.15, 0.2) is 5.78 Å². The summed E-state index contributed by atoms with van der Waals surface area (Å²) in [5.74, 6) is 0.818. The summed E-state index contributed by atoms with van der Waals surface area (Å²) in [6.07, 6.45) is 7.11. The van der Waals surface area contributed by atoms with Crippen molar-refractivity contribution in [2.45, 2.75) is 65.2 Å². The van der Waals surface area contributed by atoms with Gasteiger partial charge in [0.25, 0.3) is 0 Å². The number of benzene rings is 2. The first-order valence-corrected chi connectivity index (χ1v) is 10.5. The van der Waals surface area contributed by atoms with Crippen LogP contribution in [-0.2, 0) is 4.79 Å². The number of hydrogen-bond donors (Lipinski definition) is 0. The van der Waals surface area contributed by atoms with Gasteiger partial charge in [-0.3, -0.25) is 9.59 Å². The highest BCUT2D eigenvalue weighted by Gasteiger charge is 2.11. The molecule has 0 aliphatic rings. The van der Waals surface area contributed by atoms with Gasteiger partial charge in [-0.15, -0.1) is 0 Å².